The Morgan fingerprint density at radius 2 is 1.57 bits per heavy atom. The molecule has 0 aliphatic carbocycles. The van der Waals surface area contributed by atoms with Crippen LogP contribution in [0.2, 0.25) is 0 Å². The molecule has 0 saturated heterocycles. The molecule has 0 aliphatic rings. The maximum atomic E-state index is 12.0. The number of hydrogen-bond acceptors (Lipinski definition) is 5. The first-order valence-electron chi connectivity index (χ1n) is 9.34. The van der Waals surface area contributed by atoms with Crippen molar-refractivity contribution in [2.24, 2.45) is 0 Å². The van der Waals surface area contributed by atoms with E-state index >= 15 is 0 Å². The molecule has 0 bridgehead atoms. The van der Waals surface area contributed by atoms with E-state index in [1.165, 1.54) is 12.1 Å². The normalized spacial score (nSPS) is 15.3. The third-order valence-electron chi connectivity index (χ3n) is 3.74. The van der Waals surface area contributed by atoms with Gasteiger partial charge in [-0.05, 0) is 31.9 Å². The van der Waals surface area contributed by atoms with Gasteiger partial charge in [-0.1, -0.05) is 73.2 Å². The van der Waals surface area contributed by atoms with Crippen molar-refractivity contribution in [1.82, 2.24) is 0 Å². The Morgan fingerprint density at radius 3 is 2.18 bits per heavy atom. The molecule has 0 radical (unpaired) electrons. The van der Waals surface area contributed by atoms with Crippen LogP contribution in [0, 0.1) is 6.92 Å². The highest BCUT2D eigenvalue weighted by Gasteiger charge is 2.15. The lowest BCUT2D eigenvalue weighted by atomic mass is 10.2. The summed E-state index contributed by atoms with van der Waals surface area (Å²) < 4.78 is 29.0. The lowest BCUT2D eigenvalue weighted by molar-refractivity contribution is 0.180. The predicted octanol–water partition coefficient (Wildman–Crippen LogP) is 3.84. The molecule has 0 aliphatic heterocycles. The molecule has 0 heterocycles. The summed E-state index contributed by atoms with van der Waals surface area (Å²) in [5.41, 5.74) is 0.963. The molecule has 0 aromatic heterocycles. The number of benzene rings is 1. The fraction of sp³-hybridized carbons (Fsp3) is 0.364. The molecule has 0 unspecified atom stereocenters. The van der Waals surface area contributed by atoms with Crippen LogP contribution in [0.1, 0.15) is 31.7 Å². The lowest BCUT2D eigenvalue weighted by Crippen LogP contribution is -2.12. The van der Waals surface area contributed by atoms with Gasteiger partial charge >= 0.3 is 0 Å². The van der Waals surface area contributed by atoms with Crippen molar-refractivity contribution in [3.05, 3.63) is 78.4 Å². The quantitative estimate of drug-likeness (QED) is 0.313. The molecule has 154 valence electrons. The number of aryl methyl sites for hydroxylation is 1. The van der Waals surface area contributed by atoms with Gasteiger partial charge in [0.2, 0.25) is 0 Å². The van der Waals surface area contributed by atoms with Crippen LogP contribution < -0.4 is 0 Å². The Hall–Kier alpha value is -1.99. The van der Waals surface area contributed by atoms with Gasteiger partial charge in [-0.3, -0.25) is 4.18 Å². The second-order valence-corrected chi connectivity index (χ2v) is 7.90. The number of rotatable bonds is 12. The third-order valence-corrected chi connectivity index (χ3v) is 5.07. The second-order valence-electron chi connectivity index (χ2n) is 6.28. The summed E-state index contributed by atoms with van der Waals surface area (Å²) in [6, 6.07) is 6.40. The summed E-state index contributed by atoms with van der Waals surface area (Å²) in [6.07, 6.45) is 14.4. The van der Waals surface area contributed by atoms with Crippen LogP contribution >= 0.6 is 0 Å². The minimum absolute atomic E-state index is 0.102. The molecule has 1 aromatic carbocycles. The highest BCUT2D eigenvalue weighted by atomic mass is 32.2. The maximum Gasteiger partial charge on any atom is 0.296 e. The van der Waals surface area contributed by atoms with E-state index in [0.717, 1.165) is 12.0 Å². The highest BCUT2D eigenvalue weighted by molar-refractivity contribution is 7.86. The maximum absolute atomic E-state index is 12.0. The van der Waals surface area contributed by atoms with Gasteiger partial charge in [0.05, 0.1) is 23.7 Å². The molecule has 28 heavy (non-hydrogen) atoms. The molecular formula is C22H30O5S. The van der Waals surface area contributed by atoms with Crippen molar-refractivity contribution in [2.75, 3.05) is 6.61 Å². The molecule has 2 atom stereocenters. The zero-order chi connectivity index (χ0) is 20.8. The van der Waals surface area contributed by atoms with Gasteiger partial charge in [-0.2, -0.15) is 8.42 Å². The van der Waals surface area contributed by atoms with E-state index in [1.54, 1.807) is 48.6 Å². The van der Waals surface area contributed by atoms with E-state index in [-0.39, 0.29) is 17.9 Å². The molecule has 5 nitrogen and oxygen atoms in total. The molecule has 0 saturated carbocycles. The van der Waals surface area contributed by atoms with Crippen LogP contribution in [0.5, 0.6) is 0 Å². The molecule has 1 rings (SSSR count). The fourth-order valence-corrected chi connectivity index (χ4v) is 3.06. The SMILES string of the molecule is CC/C=C\C[C@H](O)/C=C/C=C\C=C\[C@@H](O)CCOS(=O)(=O)c1ccc(C)cc1. The molecular weight excluding hydrogens is 376 g/mol. The minimum atomic E-state index is -3.81. The lowest BCUT2D eigenvalue weighted by Gasteiger charge is -2.07. The molecule has 2 N–H and O–H groups in total. The Labute approximate surface area is 168 Å². The zero-order valence-corrected chi connectivity index (χ0v) is 17.3. The largest absolute Gasteiger partial charge is 0.389 e. The number of aliphatic hydroxyl groups excluding tert-OH is 2. The van der Waals surface area contributed by atoms with Gasteiger partial charge in [-0.15, -0.1) is 0 Å². The average molecular weight is 407 g/mol. The van der Waals surface area contributed by atoms with E-state index in [0.29, 0.717) is 6.42 Å². The van der Waals surface area contributed by atoms with E-state index in [4.69, 9.17) is 4.18 Å². The first kappa shape index (κ1) is 24.0. The Kier molecular flexibility index (Phi) is 11.4. The second kappa shape index (κ2) is 13.2. The van der Waals surface area contributed by atoms with Crippen molar-refractivity contribution in [1.29, 1.82) is 0 Å². The molecule has 1 aromatic rings. The van der Waals surface area contributed by atoms with Crippen LogP contribution in [0.25, 0.3) is 0 Å². The van der Waals surface area contributed by atoms with Crippen molar-refractivity contribution in [3.63, 3.8) is 0 Å². The summed E-state index contributed by atoms with van der Waals surface area (Å²) in [6.45, 7) is 3.80. The van der Waals surface area contributed by atoms with Gasteiger partial charge in [0.15, 0.2) is 0 Å². The Balaban J connectivity index is 2.33. The van der Waals surface area contributed by atoms with Crippen LogP contribution in [-0.4, -0.2) is 37.4 Å². The zero-order valence-electron chi connectivity index (χ0n) is 16.4. The Morgan fingerprint density at radius 1 is 0.964 bits per heavy atom. The summed E-state index contributed by atoms with van der Waals surface area (Å²) in [4.78, 5) is 0.102. The van der Waals surface area contributed by atoms with Gasteiger partial charge < -0.3 is 10.2 Å². The standard InChI is InChI=1S/C22H30O5S/c1-3-4-7-10-20(23)11-8-5-6-9-12-21(24)17-18-27-28(25,26)22-15-13-19(2)14-16-22/h4-9,11-16,20-21,23-24H,3,10,17-18H2,1-2H3/b6-5-,7-4-,11-8+,12-9+/t20-,21+/m0/s1. The number of hydrogen-bond donors (Lipinski definition) is 2. The molecule has 6 heteroatoms. The van der Waals surface area contributed by atoms with Crippen LogP contribution in [0.4, 0.5) is 0 Å². The third kappa shape index (κ3) is 10.4. The van der Waals surface area contributed by atoms with Gasteiger partial charge in [-0.25, -0.2) is 0 Å². The van der Waals surface area contributed by atoms with E-state index in [1.807, 2.05) is 26.0 Å². The number of aliphatic hydroxyl groups is 2. The first-order valence-corrected chi connectivity index (χ1v) is 10.7. The summed E-state index contributed by atoms with van der Waals surface area (Å²) in [7, 11) is -3.81. The van der Waals surface area contributed by atoms with E-state index < -0.39 is 22.3 Å². The molecule has 0 fully saturated rings. The topological polar surface area (TPSA) is 83.8 Å². The first-order chi connectivity index (χ1) is 13.3. The van der Waals surface area contributed by atoms with Crippen molar-refractivity contribution in [3.8, 4) is 0 Å². The molecule has 0 spiro atoms. The van der Waals surface area contributed by atoms with E-state index in [9.17, 15) is 18.6 Å². The number of allylic oxidation sites excluding steroid dienone is 5. The fourth-order valence-electron chi connectivity index (χ4n) is 2.14. The summed E-state index contributed by atoms with van der Waals surface area (Å²) >= 11 is 0. The van der Waals surface area contributed by atoms with Crippen LogP contribution in [0.15, 0.2) is 77.8 Å². The Bertz CT molecular complexity index is 774. The van der Waals surface area contributed by atoms with Crippen LogP contribution in [-0.2, 0) is 14.3 Å². The van der Waals surface area contributed by atoms with Crippen molar-refractivity contribution >= 4 is 10.1 Å². The summed E-state index contributed by atoms with van der Waals surface area (Å²) in [5.74, 6) is 0. The van der Waals surface area contributed by atoms with Gasteiger partial charge in [0.1, 0.15) is 0 Å². The average Bonchev–Trinajstić information content (AvgIpc) is 2.65. The summed E-state index contributed by atoms with van der Waals surface area (Å²) in [5, 5.41) is 19.5. The van der Waals surface area contributed by atoms with Gasteiger partial charge in [0, 0.05) is 6.42 Å². The monoisotopic (exact) mass is 406 g/mol. The van der Waals surface area contributed by atoms with Crippen LogP contribution in [0.3, 0.4) is 0 Å². The highest BCUT2D eigenvalue weighted by Crippen LogP contribution is 2.13. The van der Waals surface area contributed by atoms with Crippen molar-refractivity contribution < 1.29 is 22.8 Å². The van der Waals surface area contributed by atoms with E-state index in [2.05, 4.69) is 0 Å². The van der Waals surface area contributed by atoms with Crippen molar-refractivity contribution in [2.45, 2.75) is 50.2 Å². The van der Waals surface area contributed by atoms with Gasteiger partial charge in [0.25, 0.3) is 10.1 Å². The molecule has 0 amide bonds. The smallest absolute Gasteiger partial charge is 0.296 e. The predicted molar refractivity (Wildman–Crippen MR) is 112 cm³/mol. The minimum Gasteiger partial charge on any atom is -0.389 e.